The number of nitrogens with zero attached hydrogens (tertiary/aromatic N) is 1. The van der Waals surface area contributed by atoms with E-state index < -0.39 is 0 Å². The lowest BCUT2D eigenvalue weighted by Gasteiger charge is -2.17. The van der Waals surface area contributed by atoms with Gasteiger partial charge in [0, 0.05) is 24.2 Å². The van der Waals surface area contributed by atoms with Crippen LogP contribution in [0, 0.1) is 5.82 Å². The van der Waals surface area contributed by atoms with E-state index in [1.807, 2.05) is 6.92 Å². The van der Waals surface area contributed by atoms with E-state index in [9.17, 15) is 14.0 Å². The Bertz CT molecular complexity index is 759. The predicted octanol–water partition coefficient (Wildman–Crippen LogP) is 2.76. The maximum atomic E-state index is 13.0. The third kappa shape index (κ3) is 3.96. The zero-order valence-electron chi connectivity index (χ0n) is 13.9. The molecular weight excluding hydrogens is 323 g/mol. The molecule has 0 spiro atoms. The van der Waals surface area contributed by atoms with Gasteiger partial charge in [-0.3, -0.25) is 9.59 Å². The van der Waals surface area contributed by atoms with E-state index >= 15 is 0 Å². The smallest absolute Gasteiger partial charge is 0.251 e. The molecule has 0 aromatic heterocycles. The predicted molar refractivity (Wildman–Crippen MR) is 92.2 cm³/mol. The Morgan fingerprint density at radius 1 is 1.20 bits per heavy atom. The van der Waals surface area contributed by atoms with Crippen LogP contribution in [0.4, 0.5) is 10.1 Å². The number of ether oxygens (including phenoxy) is 1. The molecular formula is C19H19FN2O3. The minimum Gasteiger partial charge on any atom is -0.494 e. The number of amides is 2. The quantitative estimate of drug-likeness (QED) is 0.909. The Labute approximate surface area is 145 Å². The molecule has 1 heterocycles. The van der Waals surface area contributed by atoms with Crippen LogP contribution in [0.2, 0.25) is 0 Å². The lowest BCUT2D eigenvalue weighted by Crippen LogP contribution is -2.37. The summed E-state index contributed by atoms with van der Waals surface area (Å²) in [6, 6.07) is 12.3. The van der Waals surface area contributed by atoms with Crippen molar-refractivity contribution >= 4 is 17.5 Å². The third-order valence-electron chi connectivity index (χ3n) is 4.03. The van der Waals surface area contributed by atoms with Gasteiger partial charge in [-0.05, 0) is 55.5 Å². The summed E-state index contributed by atoms with van der Waals surface area (Å²) < 4.78 is 18.4. The summed E-state index contributed by atoms with van der Waals surface area (Å²) in [5.74, 6) is 0.0266. The Kier molecular flexibility index (Phi) is 4.97. The molecule has 1 saturated heterocycles. The molecule has 1 aliphatic heterocycles. The van der Waals surface area contributed by atoms with Crippen molar-refractivity contribution in [3.05, 3.63) is 59.9 Å². The van der Waals surface area contributed by atoms with Crippen LogP contribution in [0.25, 0.3) is 0 Å². The SMILES string of the molecule is CCOc1ccc(C(=O)NC2CC(=O)N(c3ccc(F)cc3)C2)cc1. The Balaban J connectivity index is 1.62. The van der Waals surface area contributed by atoms with Gasteiger partial charge in [0.25, 0.3) is 5.91 Å². The van der Waals surface area contributed by atoms with Crippen molar-refractivity contribution in [2.24, 2.45) is 0 Å². The number of hydrogen-bond acceptors (Lipinski definition) is 3. The van der Waals surface area contributed by atoms with Crippen LogP contribution >= 0.6 is 0 Å². The maximum absolute atomic E-state index is 13.0. The number of hydrogen-bond donors (Lipinski definition) is 1. The van der Waals surface area contributed by atoms with Gasteiger partial charge >= 0.3 is 0 Å². The number of carbonyl (C=O) groups excluding carboxylic acids is 2. The van der Waals surface area contributed by atoms with Gasteiger partial charge in [-0.2, -0.15) is 0 Å². The van der Waals surface area contributed by atoms with Gasteiger partial charge in [0.05, 0.1) is 12.6 Å². The first-order valence-corrected chi connectivity index (χ1v) is 8.16. The van der Waals surface area contributed by atoms with E-state index in [1.165, 1.54) is 12.1 Å². The van der Waals surface area contributed by atoms with E-state index in [4.69, 9.17) is 4.74 Å². The Hall–Kier alpha value is -2.89. The first kappa shape index (κ1) is 17.0. The summed E-state index contributed by atoms with van der Waals surface area (Å²) in [5.41, 5.74) is 1.14. The highest BCUT2D eigenvalue weighted by Crippen LogP contribution is 2.22. The van der Waals surface area contributed by atoms with Crippen molar-refractivity contribution in [2.45, 2.75) is 19.4 Å². The zero-order chi connectivity index (χ0) is 17.8. The van der Waals surface area contributed by atoms with Gasteiger partial charge < -0.3 is 15.0 Å². The van der Waals surface area contributed by atoms with Crippen LogP contribution in [0.5, 0.6) is 5.75 Å². The van der Waals surface area contributed by atoms with E-state index in [0.717, 1.165) is 0 Å². The molecule has 1 atom stereocenters. The number of carbonyl (C=O) groups is 2. The van der Waals surface area contributed by atoms with Gasteiger partial charge in [-0.25, -0.2) is 4.39 Å². The molecule has 1 N–H and O–H groups in total. The lowest BCUT2D eigenvalue weighted by atomic mass is 10.2. The number of rotatable bonds is 5. The fraction of sp³-hybridized carbons (Fsp3) is 0.263. The fourth-order valence-electron chi connectivity index (χ4n) is 2.81. The second-order valence-corrected chi connectivity index (χ2v) is 5.81. The molecule has 1 unspecified atom stereocenters. The zero-order valence-corrected chi connectivity index (χ0v) is 13.9. The molecule has 0 aliphatic carbocycles. The van der Waals surface area contributed by atoms with Crippen molar-refractivity contribution in [1.82, 2.24) is 5.32 Å². The molecule has 5 nitrogen and oxygen atoms in total. The largest absolute Gasteiger partial charge is 0.494 e. The number of anilines is 1. The molecule has 2 aromatic rings. The summed E-state index contributed by atoms with van der Waals surface area (Å²) in [4.78, 5) is 26.1. The summed E-state index contributed by atoms with van der Waals surface area (Å²) in [7, 11) is 0. The molecule has 6 heteroatoms. The average Bonchev–Trinajstić information content (AvgIpc) is 2.97. The lowest BCUT2D eigenvalue weighted by molar-refractivity contribution is -0.117. The monoisotopic (exact) mass is 342 g/mol. The van der Waals surface area contributed by atoms with Crippen molar-refractivity contribution in [3.63, 3.8) is 0 Å². The van der Waals surface area contributed by atoms with Crippen molar-refractivity contribution < 1.29 is 18.7 Å². The van der Waals surface area contributed by atoms with Gasteiger partial charge in [0.1, 0.15) is 11.6 Å². The Morgan fingerprint density at radius 2 is 1.88 bits per heavy atom. The van der Waals surface area contributed by atoms with Crippen LogP contribution in [0.1, 0.15) is 23.7 Å². The summed E-state index contributed by atoms with van der Waals surface area (Å²) in [6.07, 6.45) is 0.222. The first-order valence-electron chi connectivity index (χ1n) is 8.16. The molecule has 2 amide bonds. The van der Waals surface area contributed by atoms with Gasteiger partial charge in [0.15, 0.2) is 0 Å². The second kappa shape index (κ2) is 7.34. The maximum Gasteiger partial charge on any atom is 0.251 e. The second-order valence-electron chi connectivity index (χ2n) is 5.81. The summed E-state index contributed by atoms with van der Waals surface area (Å²) in [6.45, 7) is 2.83. The standard InChI is InChI=1S/C19H19FN2O3/c1-2-25-17-9-3-13(4-10-17)19(24)21-15-11-18(23)22(12-15)16-7-5-14(20)6-8-16/h3-10,15H,2,11-12H2,1H3,(H,21,24). The minimum atomic E-state index is -0.351. The molecule has 3 rings (SSSR count). The van der Waals surface area contributed by atoms with Crippen LogP contribution in [-0.4, -0.2) is 31.0 Å². The number of nitrogens with one attached hydrogen (secondary N) is 1. The molecule has 25 heavy (non-hydrogen) atoms. The topological polar surface area (TPSA) is 58.6 Å². The van der Waals surface area contributed by atoms with Gasteiger partial charge in [-0.1, -0.05) is 0 Å². The van der Waals surface area contributed by atoms with Crippen LogP contribution in [0.3, 0.4) is 0 Å². The van der Waals surface area contributed by atoms with Crippen molar-refractivity contribution in [3.8, 4) is 5.75 Å². The summed E-state index contributed by atoms with van der Waals surface area (Å²) in [5, 5.41) is 2.87. The van der Waals surface area contributed by atoms with E-state index in [2.05, 4.69) is 5.32 Å². The van der Waals surface area contributed by atoms with E-state index in [-0.39, 0.29) is 30.1 Å². The average molecular weight is 342 g/mol. The molecule has 0 bridgehead atoms. The highest BCUT2D eigenvalue weighted by atomic mass is 19.1. The highest BCUT2D eigenvalue weighted by Gasteiger charge is 2.31. The normalized spacial score (nSPS) is 16.8. The number of benzene rings is 2. The third-order valence-corrected chi connectivity index (χ3v) is 4.03. The highest BCUT2D eigenvalue weighted by molar-refractivity contribution is 5.99. The fourth-order valence-corrected chi connectivity index (χ4v) is 2.81. The van der Waals surface area contributed by atoms with Gasteiger partial charge in [0.2, 0.25) is 5.91 Å². The van der Waals surface area contributed by atoms with E-state index in [1.54, 1.807) is 41.3 Å². The van der Waals surface area contributed by atoms with E-state index in [0.29, 0.717) is 30.2 Å². The van der Waals surface area contributed by atoms with Gasteiger partial charge in [-0.15, -0.1) is 0 Å². The molecule has 2 aromatic carbocycles. The van der Waals surface area contributed by atoms with Crippen molar-refractivity contribution in [2.75, 3.05) is 18.1 Å². The van der Waals surface area contributed by atoms with Crippen LogP contribution in [0.15, 0.2) is 48.5 Å². The Morgan fingerprint density at radius 3 is 2.52 bits per heavy atom. The molecule has 1 aliphatic rings. The molecule has 0 radical (unpaired) electrons. The van der Waals surface area contributed by atoms with Crippen LogP contribution in [-0.2, 0) is 4.79 Å². The molecule has 0 saturated carbocycles. The molecule has 1 fully saturated rings. The minimum absolute atomic E-state index is 0.0939. The summed E-state index contributed by atoms with van der Waals surface area (Å²) >= 11 is 0. The number of halogens is 1. The first-order chi connectivity index (χ1) is 12.1. The van der Waals surface area contributed by atoms with Crippen molar-refractivity contribution in [1.29, 1.82) is 0 Å². The van der Waals surface area contributed by atoms with Crippen LogP contribution < -0.4 is 15.0 Å². The molecule has 130 valence electrons.